The Labute approximate surface area is 400 Å². The molecule has 6 rings (SSSR count). The molecular formula is C50H73N7O11. The van der Waals surface area contributed by atoms with Gasteiger partial charge in [0.05, 0.1) is 35.6 Å². The summed E-state index contributed by atoms with van der Waals surface area (Å²) in [6.45, 7) is 14.1. The van der Waals surface area contributed by atoms with Crippen molar-refractivity contribution in [3.63, 3.8) is 0 Å². The largest absolute Gasteiger partial charge is 0.459 e. The summed E-state index contributed by atoms with van der Waals surface area (Å²) >= 11 is 0. The molecule has 3 aliphatic heterocycles. The van der Waals surface area contributed by atoms with Gasteiger partial charge in [0.25, 0.3) is 0 Å². The number of nitrogens with zero attached hydrogens (tertiary/aromatic N) is 5. The minimum absolute atomic E-state index is 0.0901. The average molecular weight is 948 g/mol. The van der Waals surface area contributed by atoms with Crippen LogP contribution in [0.5, 0.6) is 0 Å². The van der Waals surface area contributed by atoms with E-state index in [-0.39, 0.29) is 18.6 Å². The summed E-state index contributed by atoms with van der Waals surface area (Å²) in [4.78, 5) is 59.3. The molecule has 374 valence electrons. The number of hydrogen-bond acceptors (Lipinski definition) is 16. The van der Waals surface area contributed by atoms with E-state index < -0.39 is 89.6 Å². The predicted octanol–water partition coefficient (Wildman–Crippen LogP) is 5.12. The number of aryl methyl sites for hydroxylation is 1. The number of ether oxygens (including phenoxy) is 6. The molecule has 4 N–H and O–H groups in total. The molecule has 0 radical (unpaired) electrons. The van der Waals surface area contributed by atoms with Crippen molar-refractivity contribution in [2.24, 2.45) is 17.8 Å². The maximum absolute atomic E-state index is 14.6. The van der Waals surface area contributed by atoms with E-state index in [2.05, 4.69) is 22.6 Å². The standard InChI is InChI=1S/C50H73N7O11/c1-11-40-50(7)43(57(48(62)68-50)23-16-15-22-56-28-38(53-54-56)35-20-17-21-36(51)24-35)33(5)52-27-30(2)26-49(6,63-10)44(31(3)41(58)32(4)45(60)66-40)67-47-42(59)39(55(8)9)25-37(65-47)29-64-46(61)34-18-13-12-14-19-34/h12-14,17-21,24,28,30-33,37,39-40,42-44,47,52,59H,11,15-16,22-23,25-27,29,51H2,1-10H3/t30-,31+,32?,33-,37+,39?,40-,42?,43-,44-,47+,49-,50-/m1/s1. The molecule has 0 spiro atoms. The van der Waals surface area contributed by atoms with E-state index in [1.165, 1.54) is 6.92 Å². The van der Waals surface area contributed by atoms with Crippen LogP contribution in [-0.2, 0) is 44.6 Å². The third-order valence-corrected chi connectivity index (χ3v) is 14.1. The van der Waals surface area contributed by atoms with Gasteiger partial charge >= 0.3 is 18.0 Å². The van der Waals surface area contributed by atoms with Crippen LogP contribution < -0.4 is 11.1 Å². The Kier molecular flexibility index (Phi) is 17.4. The number of cyclic esters (lactones) is 1. The fourth-order valence-corrected chi connectivity index (χ4v) is 10.3. The number of carbonyl (C=O) groups is 4. The maximum atomic E-state index is 14.6. The number of nitrogen functional groups attached to an aromatic ring is 1. The molecule has 3 unspecified atom stereocenters. The highest BCUT2D eigenvalue weighted by atomic mass is 16.7. The normalized spacial score (nSPS) is 33.0. The second-order valence-corrected chi connectivity index (χ2v) is 19.6. The summed E-state index contributed by atoms with van der Waals surface area (Å²) in [5, 5.41) is 24.1. The molecule has 18 nitrogen and oxygen atoms in total. The Bertz CT molecular complexity index is 2180. The number of methoxy groups -OCH3 is 1. The zero-order valence-electron chi connectivity index (χ0n) is 41.3. The van der Waals surface area contributed by atoms with Gasteiger partial charge in [0.2, 0.25) is 0 Å². The molecule has 13 atom stereocenters. The van der Waals surface area contributed by atoms with Crippen LogP contribution in [0.4, 0.5) is 10.5 Å². The number of ketones is 1. The van der Waals surface area contributed by atoms with Crippen LogP contribution in [-0.4, -0.2) is 155 Å². The molecule has 0 bridgehead atoms. The van der Waals surface area contributed by atoms with Crippen LogP contribution in [0.1, 0.15) is 90.9 Å². The van der Waals surface area contributed by atoms with E-state index in [1.54, 1.807) is 54.8 Å². The van der Waals surface area contributed by atoms with Gasteiger partial charge in [0.1, 0.15) is 30.4 Å². The SMILES string of the molecule is CC[C@H]1OC(=O)C(C)C(=O)[C@H](C)[C@@H](O[C@@H]2O[C@H](COC(=O)c3ccccc3)CC(N(C)C)C2O)[C@](C)(OC)C[C@@H](C)CN[C@H](C)[C@H]2N(CCCCn3cc(-c4cccc(N)c4)nn3)C(=O)O[C@]12C. The van der Waals surface area contributed by atoms with Crippen LogP contribution in [0.15, 0.2) is 60.8 Å². The third kappa shape index (κ3) is 11.9. The molecule has 3 fully saturated rings. The summed E-state index contributed by atoms with van der Waals surface area (Å²) in [6.07, 6.45) is -1.33. The molecule has 4 heterocycles. The van der Waals surface area contributed by atoms with Crippen LogP contribution in [0.2, 0.25) is 0 Å². The van der Waals surface area contributed by atoms with Crippen molar-refractivity contribution in [1.82, 2.24) is 30.1 Å². The molecule has 3 aromatic rings. The number of nitrogens with two attached hydrogens (primary N) is 1. The Hall–Kier alpha value is -4.98. The molecule has 2 aromatic carbocycles. The third-order valence-electron chi connectivity index (χ3n) is 14.1. The topological polar surface area (TPSA) is 219 Å². The van der Waals surface area contributed by atoms with E-state index in [1.807, 2.05) is 76.3 Å². The van der Waals surface area contributed by atoms with Crippen molar-refractivity contribution < 1.29 is 52.7 Å². The lowest BCUT2D eigenvalue weighted by Gasteiger charge is -2.47. The fraction of sp³-hybridized carbons (Fsp3) is 0.640. The zero-order valence-corrected chi connectivity index (χ0v) is 41.3. The Balaban J connectivity index is 1.21. The molecule has 3 aliphatic rings. The Morgan fingerprint density at radius 3 is 2.43 bits per heavy atom. The van der Waals surface area contributed by atoms with Gasteiger partial charge in [-0.25, -0.2) is 9.59 Å². The van der Waals surface area contributed by atoms with E-state index >= 15 is 0 Å². The molecule has 68 heavy (non-hydrogen) atoms. The smallest absolute Gasteiger partial charge is 0.410 e. The first-order valence-corrected chi connectivity index (χ1v) is 24.0. The molecular weight excluding hydrogens is 875 g/mol. The number of aliphatic hydroxyl groups is 1. The van der Waals surface area contributed by atoms with Gasteiger partial charge < -0.3 is 49.5 Å². The van der Waals surface area contributed by atoms with Gasteiger partial charge in [-0.2, -0.15) is 0 Å². The number of Topliss-reactive ketones (excluding diaryl/α,β-unsaturated/α-hetero) is 1. The highest BCUT2D eigenvalue weighted by molar-refractivity contribution is 6.00. The van der Waals surface area contributed by atoms with E-state index in [0.717, 1.165) is 5.56 Å². The second kappa shape index (κ2) is 22.6. The molecule has 0 saturated carbocycles. The van der Waals surface area contributed by atoms with E-state index in [4.69, 9.17) is 34.2 Å². The van der Waals surface area contributed by atoms with Crippen molar-refractivity contribution in [2.45, 2.75) is 147 Å². The summed E-state index contributed by atoms with van der Waals surface area (Å²) in [6, 6.07) is 14.7. The number of likely N-dealkylation sites (N-methyl/N-ethyl adjacent to an activating group) is 1. The zero-order chi connectivity index (χ0) is 49.5. The highest BCUT2D eigenvalue weighted by Crippen LogP contribution is 2.40. The molecule has 1 aromatic heterocycles. The highest BCUT2D eigenvalue weighted by Gasteiger charge is 2.59. The van der Waals surface area contributed by atoms with Gasteiger partial charge in [-0.05, 0) is 111 Å². The second-order valence-electron chi connectivity index (χ2n) is 19.6. The first kappa shape index (κ1) is 52.4. The van der Waals surface area contributed by atoms with E-state index in [9.17, 15) is 24.3 Å². The van der Waals surface area contributed by atoms with Crippen molar-refractivity contribution >= 4 is 29.5 Å². The first-order valence-electron chi connectivity index (χ1n) is 24.0. The number of nitrogens with one attached hydrogen (secondary N) is 1. The molecule has 1 amide bonds. The number of aliphatic hydroxyl groups excluding tert-OH is 1. The number of hydrogen-bond donors (Lipinski definition) is 3. The van der Waals surface area contributed by atoms with Crippen molar-refractivity contribution in [3.05, 3.63) is 66.4 Å². The number of unbranched alkanes of at least 4 members (excludes halogenated alkanes) is 1. The quantitative estimate of drug-likeness (QED) is 0.0628. The predicted molar refractivity (Wildman–Crippen MR) is 253 cm³/mol. The van der Waals surface area contributed by atoms with Gasteiger partial charge in [0, 0.05) is 49.5 Å². The molecule has 3 saturated heterocycles. The minimum atomic E-state index is -1.28. The van der Waals surface area contributed by atoms with Gasteiger partial charge in [-0.3, -0.25) is 19.2 Å². The number of anilines is 1. The number of rotatable bonds is 14. The van der Waals surface area contributed by atoms with Crippen molar-refractivity contribution in [2.75, 3.05) is 46.6 Å². The number of esters is 2. The number of fused-ring (bicyclic) bond motifs is 1. The lowest BCUT2D eigenvalue weighted by Crippen LogP contribution is -2.61. The summed E-state index contributed by atoms with van der Waals surface area (Å²) in [5.74, 6) is -4.06. The fourth-order valence-electron chi connectivity index (χ4n) is 10.3. The van der Waals surface area contributed by atoms with Crippen LogP contribution in [0.25, 0.3) is 11.3 Å². The number of aromatic nitrogens is 3. The van der Waals surface area contributed by atoms with Crippen LogP contribution in [0, 0.1) is 17.8 Å². The lowest BCUT2D eigenvalue weighted by molar-refractivity contribution is -0.300. The van der Waals surface area contributed by atoms with Crippen molar-refractivity contribution in [1.29, 1.82) is 0 Å². The Morgan fingerprint density at radius 1 is 1.03 bits per heavy atom. The van der Waals surface area contributed by atoms with Crippen molar-refractivity contribution in [3.8, 4) is 11.3 Å². The van der Waals surface area contributed by atoms with Gasteiger partial charge in [0.15, 0.2) is 17.7 Å². The summed E-state index contributed by atoms with van der Waals surface area (Å²) in [5.41, 5.74) is 6.16. The van der Waals surface area contributed by atoms with E-state index in [0.29, 0.717) is 68.7 Å². The van der Waals surface area contributed by atoms with Gasteiger partial charge in [-0.15, -0.1) is 5.10 Å². The summed E-state index contributed by atoms with van der Waals surface area (Å²) in [7, 11) is 5.21. The number of benzene rings is 2. The van der Waals surface area contributed by atoms with Crippen LogP contribution in [0.3, 0.4) is 0 Å². The average Bonchev–Trinajstić information content (AvgIpc) is 3.90. The Morgan fingerprint density at radius 2 is 1.75 bits per heavy atom. The molecule has 18 heteroatoms. The first-order chi connectivity index (χ1) is 32.3. The maximum Gasteiger partial charge on any atom is 0.410 e. The summed E-state index contributed by atoms with van der Waals surface area (Å²) < 4.78 is 39.4. The number of carbonyl (C=O) groups excluding carboxylic acids is 4. The minimum Gasteiger partial charge on any atom is -0.459 e. The van der Waals surface area contributed by atoms with Gasteiger partial charge in [-0.1, -0.05) is 56.3 Å². The monoisotopic (exact) mass is 948 g/mol. The lowest BCUT2D eigenvalue weighted by atomic mass is 9.78. The van der Waals surface area contributed by atoms with Crippen LogP contribution >= 0.6 is 0 Å². The molecule has 0 aliphatic carbocycles. The number of amides is 1.